The average Bonchev–Trinajstić information content (AvgIpc) is 2.63. The van der Waals surface area contributed by atoms with Gasteiger partial charge in [-0.3, -0.25) is 14.6 Å². The summed E-state index contributed by atoms with van der Waals surface area (Å²) in [5.74, 6) is -0.239. The van der Waals surface area contributed by atoms with E-state index in [4.69, 9.17) is 0 Å². The lowest BCUT2D eigenvalue weighted by Gasteiger charge is -2.12. The number of anilines is 1. The Balaban J connectivity index is 2.31. The minimum Gasteiger partial charge on any atom is -0.378 e. The molecule has 106 valence electrons. The molecule has 0 unspecified atom stereocenters. The fourth-order valence-corrected chi connectivity index (χ4v) is 2.12. The van der Waals surface area contributed by atoms with Gasteiger partial charge in [-0.2, -0.15) is 0 Å². The topological polar surface area (TPSA) is 43.9 Å². The number of nitrogens with zero attached hydrogens (tertiary/aromatic N) is 3. The van der Waals surface area contributed by atoms with E-state index in [9.17, 15) is 9.59 Å². The van der Waals surface area contributed by atoms with E-state index in [0.29, 0.717) is 12.2 Å². The van der Waals surface area contributed by atoms with Gasteiger partial charge in [0.1, 0.15) is 5.70 Å². The predicted octanol–water partition coefficient (Wildman–Crippen LogP) is 2.01. The molecule has 3 amide bonds. The van der Waals surface area contributed by atoms with E-state index in [1.807, 2.05) is 43.3 Å². The summed E-state index contributed by atoms with van der Waals surface area (Å²) in [5.41, 5.74) is 2.40. The van der Waals surface area contributed by atoms with Gasteiger partial charge in [0.25, 0.3) is 5.91 Å². The Morgan fingerprint density at radius 2 is 1.75 bits per heavy atom. The summed E-state index contributed by atoms with van der Waals surface area (Å²) < 4.78 is 0. The molecule has 1 saturated heterocycles. The van der Waals surface area contributed by atoms with E-state index in [2.05, 4.69) is 0 Å². The van der Waals surface area contributed by atoms with Gasteiger partial charge in [0.05, 0.1) is 0 Å². The molecular formula is C15H19N3O2. The van der Waals surface area contributed by atoms with E-state index in [-0.39, 0.29) is 11.9 Å². The van der Waals surface area contributed by atoms with Gasteiger partial charge in [-0.1, -0.05) is 12.1 Å². The smallest absolute Gasteiger partial charge is 0.331 e. The molecular weight excluding hydrogens is 254 g/mol. The number of rotatable bonds is 3. The first-order chi connectivity index (χ1) is 9.45. The molecule has 1 aromatic carbocycles. The van der Waals surface area contributed by atoms with Crippen LogP contribution in [0.3, 0.4) is 0 Å². The maximum atomic E-state index is 12.1. The third-order valence-electron chi connectivity index (χ3n) is 3.37. The van der Waals surface area contributed by atoms with Crippen molar-refractivity contribution < 1.29 is 9.59 Å². The lowest BCUT2D eigenvalue weighted by atomic mass is 10.1. The number of carbonyl (C=O) groups excluding carboxylic acids is 2. The predicted molar refractivity (Wildman–Crippen MR) is 79.3 cm³/mol. The molecule has 0 bridgehead atoms. The van der Waals surface area contributed by atoms with Gasteiger partial charge in [-0.25, -0.2) is 4.79 Å². The normalized spacial score (nSPS) is 17.3. The van der Waals surface area contributed by atoms with E-state index in [0.717, 1.165) is 11.3 Å². The van der Waals surface area contributed by atoms with Crippen LogP contribution in [0.5, 0.6) is 0 Å². The van der Waals surface area contributed by atoms with Crippen LogP contribution in [0.4, 0.5) is 10.5 Å². The Morgan fingerprint density at radius 3 is 2.20 bits per heavy atom. The highest BCUT2D eigenvalue weighted by Crippen LogP contribution is 2.22. The summed E-state index contributed by atoms with van der Waals surface area (Å²) in [7, 11) is 5.56. The van der Waals surface area contributed by atoms with Crippen LogP contribution in [-0.4, -0.2) is 49.4 Å². The summed E-state index contributed by atoms with van der Waals surface area (Å²) in [6, 6.07) is 7.55. The lowest BCUT2D eigenvalue weighted by molar-refractivity contribution is -0.122. The van der Waals surface area contributed by atoms with Crippen LogP contribution < -0.4 is 4.90 Å². The molecule has 5 heteroatoms. The van der Waals surface area contributed by atoms with E-state index >= 15 is 0 Å². The molecule has 0 aromatic heterocycles. The van der Waals surface area contributed by atoms with Crippen molar-refractivity contribution in [2.75, 3.05) is 32.6 Å². The van der Waals surface area contributed by atoms with Crippen LogP contribution in [-0.2, 0) is 4.79 Å². The highest BCUT2D eigenvalue weighted by molar-refractivity contribution is 6.13. The van der Waals surface area contributed by atoms with Gasteiger partial charge in [-0.15, -0.1) is 0 Å². The van der Waals surface area contributed by atoms with E-state index in [1.54, 1.807) is 20.0 Å². The van der Waals surface area contributed by atoms with Crippen LogP contribution in [0.25, 0.3) is 6.08 Å². The Labute approximate surface area is 119 Å². The number of imide groups is 1. The van der Waals surface area contributed by atoms with Crippen molar-refractivity contribution in [1.29, 1.82) is 0 Å². The monoisotopic (exact) mass is 273 g/mol. The van der Waals surface area contributed by atoms with Crippen molar-refractivity contribution in [3.63, 3.8) is 0 Å². The van der Waals surface area contributed by atoms with Crippen molar-refractivity contribution in [2.24, 2.45) is 0 Å². The Morgan fingerprint density at radius 1 is 1.15 bits per heavy atom. The average molecular weight is 273 g/mol. The Hall–Kier alpha value is -2.30. The molecule has 2 rings (SSSR count). The highest BCUT2D eigenvalue weighted by atomic mass is 16.2. The number of carbonyl (C=O) groups is 2. The zero-order valence-electron chi connectivity index (χ0n) is 12.3. The first-order valence-corrected chi connectivity index (χ1v) is 6.54. The minimum absolute atomic E-state index is 0.239. The van der Waals surface area contributed by atoms with Gasteiger partial charge in [0, 0.05) is 33.4 Å². The van der Waals surface area contributed by atoms with Crippen molar-refractivity contribution >= 4 is 23.7 Å². The molecule has 0 N–H and O–H groups in total. The maximum Gasteiger partial charge on any atom is 0.331 e. The molecule has 1 aliphatic heterocycles. The van der Waals surface area contributed by atoms with E-state index < -0.39 is 0 Å². The van der Waals surface area contributed by atoms with Crippen LogP contribution in [0.2, 0.25) is 0 Å². The molecule has 0 radical (unpaired) electrons. The fourth-order valence-electron chi connectivity index (χ4n) is 2.12. The van der Waals surface area contributed by atoms with Crippen molar-refractivity contribution in [2.45, 2.75) is 6.92 Å². The molecule has 0 aliphatic carbocycles. The van der Waals surface area contributed by atoms with Crippen molar-refractivity contribution in [3.8, 4) is 0 Å². The fraction of sp³-hybridized carbons (Fsp3) is 0.333. The Kier molecular flexibility index (Phi) is 3.79. The summed E-state index contributed by atoms with van der Waals surface area (Å²) >= 11 is 0. The number of likely N-dealkylation sites (N-methyl/N-ethyl adjacent to an activating group) is 2. The summed E-state index contributed by atoms with van der Waals surface area (Å²) in [6.45, 7) is 2.18. The molecule has 0 atom stereocenters. The van der Waals surface area contributed by atoms with Crippen LogP contribution in [0, 0.1) is 0 Å². The Bertz CT molecular complexity index is 561. The van der Waals surface area contributed by atoms with Crippen molar-refractivity contribution in [1.82, 2.24) is 9.80 Å². The van der Waals surface area contributed by atoms with Crippen LogP contribution in [0.15, 0.2) is 30.0 Å². The van der Waals surface area contributed by atoms with E-state index in [1.165, 1.54) is 9.80 Å². The molecule has 0 spiro atoms. The highest BCUT2D eigenvalue weighted by Gasteiger charge is 2.37. The molecule has 1 heterocycles. The SMILES string of the molecule is CCN1C(=O)C(=Cc2ccc(N(C)C)cc2)N(C)C1=O. The van der Waals surface area contributed by atoms with Crippen molar-refractivity contribution in [3.05, 3.63) is 35.5 Å². The molecule has 5 nitrogen and oxygen atoms in total. The zero-order chi connectivity index (χ0) is 14.9. The molecule has 20 heavy (non-hydrogen) atoms. The van der Waals surface area contributed by atoms with Gasteiger partial charge in [-0.05, 0) is 30.7 Å². The number of hydrogen-bond donors (Lipinski definition) is 0. The maximum absolute atomic E-state index is 12.1. The quantitative estimate of drug-likeness (QED) is 0.625. The summed E-state index contributed by atoms with van der Waals surface area (Å²) in [5, 5.41) is 0. The zero-order valence-corrected chi connectivity index (χ0v) is 12.3. The van der Waals surface area contributed by atoms with Gasteiger partial charge < -0.3 is 4.90 Å². The summed E-state index contributed by atoms with van der Waals surface area (Å²) in [4.78, 5) is 28.6. The summed E-state index contributed by atoms with van der Waals surface area (Å²) in [6.07, 6.45) is 1.75. The second-order valence-electron chi connectivity index (χ2n) is 4.91. The minimum atomic E-state index is -0.270. The first-order valence-electron chi connectivity index (χ1n) is 6.54. The standard InChI is InChI=1S/C15H19N3O2/c1-5-18-14(19)13(17(4)15(18)20)10-11-6-8-12(9-7-11)16(2)3/h6-10H,5H2,1-4H3. The van der Waals surface area contributed by atoms with Gasteiger partial charge in [0.2, 0.25) is 0 Å². The lowest BCUT2D eigenvalue weighted by Crippen LogP contribution is -2.31. The van der Waals surface area contributed by atoms with Gasteiger partial charge in [0.15, 0.2) is 0 Å². The number of benzene rings is 1. The van der Waals surface area contributed by atoms with Gasteiger partial charge >= 0.3 is 6.03 Å². The third-order valence-corrected chi connectivity index (χ3v) is 3.37. The van der Waals surface area contributed by atoms with Crippen LogP contribution >= 0.6 is 0 Å². The second kappa shape index (κ2) is 5.36. The number of urea groups is 1. The molecule has 0 saturated carbocycles. The number of amides is 3. The second-order valence-corrected chi connectivity index (χ2v) is 4.91. The molecule has 1 aromatic rings. The molecule has 1 fully saturated rings. The first kappa shape index (κ1) is 14.1. The number of hydrogen-bond acceptors (Lipinski definition) is 3. The third kappa shape index (κ3) is 2.39. The largest absolute Gasteiger partial charge is 0.378 e. The van der Waals surface area contributed by atoms with Crippen LogP contribution in [0.1, 0.15) is 12.5 Å². The molecule has 1 aliphatic rings.